The molecule has 0 aliphatic carbocycles. The highest BCUT2D eigenvalue weighted by Crippen LogP contribution is 2.24. The zero-order chi connectivity index (χ0) is 12.6. The van der Waals surface area contributed by atoms with E-state index in [1.165, 1.54) is 19.4 Å². The van der Waals surface area contributed by atoms with E-state index in [0.29, 0.717) is 0 Å². The van der Waals surface area contributed by atoms with Crippen molar-refractivity contribution in [1.29, 1.82) is 0 Å². The minimum atomic E-state index is 0.233. The number of likely N-dealkylation sites (N-methyl/N-ethyl adjacent to an activating group) is 1. The molecule has 0 aliphatic rings. The van der Waals surface area contributed by atoms with Crippen molar-refractivity contribution >= 4 is 0 Å². The molecule has 1 unspecified atom stereocenters. The second-order valence-corrected chi connectivity index (χ2v) is 5.07. The molecule has 2 N–H and O–H groups in total. The van der Waals surface area contributed by atoms with Gasteiger partial charge in [-0.2, -0.15) is 0 Å². The van der Waals surface area contributed by atoms with Gasteiger partial charge in [-0.1, -0.05) is 41.0 Å². The molecular weight excluding hydrogens is 196 g/mol. The third-order valence-corrected chi connectivity index (χ3v) is 4.06. The van der Waals surface area contributed by atoms with Gasteiger partial charge in [0.2, 0.25) is 0 Å². The highest BCUT2D eigenvalue weighted by Gasteiger charge is 2.31. The number of nitrogens with two attached hydrogens (primary N) is 1. The topological polar surface area (TPSA) is 29.3 Å². The summed E-state index contributed by atoms with van der Waals surface area (Å²) in [6.07, 6.45) is 4.93. The largest absolute Gasteiger partial charge is 0.329 e. The maximum Gasteiger partial charge on any atom is 0.0326 e. The highest BCUT2D eigenvalue weighted by atomic mass is 15.2. The summed E-state index contributed by atoms with van der Waals surface area (Å²) in [6.45, 7) is 14.5. The first-order chi connectivity index (χ1) is 7.60. The van der Waals surface area contributed by atoms with E-state index in [-0.39, 0.29) is 5.54 Å². The van der Waals surface area contributed by atoms with E-state index in [1.807, 2.05) is 0 Å². The first-order valence-corrected chi connectivity index (χ1v) is 7.05. The van der Waals surface area contributed by atoms with Crippen molar-refractivity contribution in [3.63, 3.8) is 0 Å². The van der Waals surface area contributed by atoms with Crippen molar-refractivity contribution in [2.75, 3.05) is 19.6 Å². The van der Waals surface area contributed by atoms with Crippen molar-refractivity contribution in [3.05, 3.63) is 0 Å². The van der Waals surface area contributed by atoms with Crippen LogP contribution in [0.2, 0.25) is 0 Å². The number of rotatable bonds is 9. The molecule has 0 aromatic heterocycles. The van der Waals surface area contributed by atoms with E-state index < -0.39 is 0 Å². The van der Waals surface area contributed by atoms with Gasteiger partial charge in [0.15, 0.2) is 0 Å². The van der Waals surface area contributed by atoms with Crippen LogP contribution in [0.15, 0.2) is 0 Å². The summed E-state index contributed by atoms with van der Waals surface area (Å²) in [5.41, 5.74) is 6.25. The van der Waals surface area contributed by atoms with Gasteiger partial charge in [-0.05, 0) is 31.7 Å². The molecule has 0 radical (unpaired) electrons. The number of hydrogen-bond donors (Lipinski definition) is 1. The Morgan fingerprint density at radius 2 is 1.69 bits per heavy atom. The lowest BCUT2D eigenvalue weighted by atomic mass is 9.89. The van der Waals surface area contributed by atoms with Gasteiger partial charge in [-0.25, -0.2) is 0 Å². The smallest absolute Gasteiger partial charge is 0.0326 e. The van der Waals surface area contributed by atoms with E-state index >= 15 is 0 Å². The first kappa shape index (κ1) is 15.9. The molecule has 0 fully saturated rings. The van der Waals surface area contributed by atoms with Gasteiger partial charge in [-0.3, -0.25) is 4.90 Å². The molecule has 2 nitrogen and oxygen atoms in total. The Morgan fingerprint density at radius 3 is 2.00 bits per heavy atom. The summed E-state index contributed by atoms with van der Waals surface area (Å²) in [5.74, 6) is 0.786. The summed E-state index contributed by atoms with van der Waals surface area (Å²) < 4.78 is 0. The highest BCUT2D eigenvalue weighted by molar-refractivity contribution is 4.89. The van der Waals surface area contributed by atoms with Crippen molar-refractivity contribution in [3.8, 4) is 0 Å². The van der Waals surface area contributed by atoms with Crippen molar-refractivity contribution < 1.29 is 0 Å². The zero-order valence-corrected chi connectivity index (χ0v) is 12.1. The van der Waals surface area contributed by atoms with Gasteiger partial charge in [-0.15, -0.1) is 0 Å². The summed E-state index contributed by atoms with van der Waals surface area (Å²) in [4.78, 5) is 2.60. The molecule has 0 bridgehead atoms. The van der Waals surface area contributed by atoms with E-state index in [1.54, 1.807) is 0 Å². The third-order valence-electron chi connectivity index (χ3n) is 4.06. The molecule has 98 valence electrons. The van der Waals surface area contributed by atoms with Crippen molar-refractivity contribution in [2.45, 2.75) is 65.8 Å². The Balaban J connectivity index is 4.54. The quantitative estimate of drug-likeness (QED) is 0.656. The van der Waals surface area contributed by atoms with E-state index in [0.717, 1.165) is 31.8 Å². The van der Waals surface area contributed by atoms with Crippen LogP contribution >= 0.6 is 0 Å². The van der Waals surface area contributed by atoms with Gasteiger partial charge in [0.25, 0.3) is 0 Å². The van der Waals surface area contributed by atoms with Crippen LogP contribution in [0.25, 0.3) is 0 Å². The molecule has 0 aliphatic heterocycles. The standard InChI is InChI=1S/C14H32N2/c1-6-10-13(5)11-16(9-4)14(7-2,8-3)12-15/h13H,6-12,15H2,1-5H3. The Kier molecular flexibility index (Phi) is 8.04. The van der Waals surface area contributed by atoms with Crippen LogP contribution in [0.4, 0.5) is 0 Å². The Morgan fingerprint density at radius 1 is 1.12 bits per heavy atom. The Labute approximate surface area is 103 Å². The molecule has 0 spiro atoms. The first-order valence-electron chi connectivity index (χ1n) is 7.05. The molecule has 2 heteroatoms. The molecule has 0 heterocycles. The fourth-order valence-electron chi connectivity index (χ4n) is 2.73. The van der Waals surface area contributed by atoms with Crippen LogP contribution in [-0.4, -0.2) is 30.1 Å². The lowest BCUT2D eigenvalue weighted by Gasteiger charge is -2.43. The fraction of sp³-hybridized carbons (Fsp3) is 1.00. The van der Waals surface area contributed by atoms with Crippen LogP contribution in [0.1, 0.15) is 60.3 Å². The van der Waals surface area contributed by atoms with E-state index in [2.05, 4.69) is 39.5 Å². The minimum Gasteiger partial charge on any atom is -0.329 e. The van der Waals surface area contributed by atoms with Crippen molar-refractivity contribution in [2.24, 2.45) is 11.7 Å². The molecule has 1 atom stereocenters. The average molecular weight is 228 g/mol. The average Bonchev–Trinajstić information content (AvgIpc) is 2.30. The van der Waals surface area contributed by atoms with Crippen LogP contribution in [0.3, 0.4) is 0 Å². The van der Waals surface area contributed by atoms with Gasteiger partial charge >= 0.3 is 0 Å². The lowest BCUT2D eigenvalue weighted by molar-refractivity contribution is 0.0740. The predicted octanol–water partition coefficient (Wildman–Crippen LogP) is 3.26. The second-order valence-electron chi connectivity index (χ2n) is 5.07. The lowest BCUT2D eigenvalue weighted by Crippen LogP contribution is -2.54. The monoisotopic (exact) mass is 228 g/mol. The van der Waals surface area contributed by atoms with Gasteiger partial charge in [0.05, 0.1) is 0 Å². The van der Waals surface area contributed by atoms with Crippen LogP contribution in [0, 0.1) is 5.92 Å². The molecule has 0 aromatic rings. The van der Waals surface area contributed by atoms with E-state index in [4.69, 9.17) is 5.73 Å². The minimum absolute atomic E-state index is 0.233. The third kappa shape index (κ3) is 4.06. The van der Waals surface area contributed by atoms with Crippen molar-refractivity contribution in [1.82, 2.24) is 4.90 Å². The Bertz CT molecular complexity index is 156. The van der Waals surface area contributed by atoms with Crippen LogP contribution in [-0.2, 0) is 0 Å². The van der Waals surface area contributed by atoms with Gasteiger partial charge < -0.3 is 5.73 Å². The van der Waals surface area contributed by atoms with Crippen LogP contribution in [0.5, 0.6) is 0 Å². The normalized spacial score (nSPS) is 14.4. The molecule has 16 heavy (non-hydrogen) atoms. The Hall–Kier alpha value is -0.0800. The maximum atomic E-state index is 6.01. The number of hydrogen-bond acceptors (Lipinski definition) is 2. The summed E-state index contributed by atoms with van der Waals surface area (Å²) in [5, 5.41) is 0. The fourth-order valence-corrected chi connectivity index (χ4v) is 2.73. The van der Waals surface area contributed by atoms with Gasteiger partial charge in [0.1, 0.15) is 0 Å². The maximum absolute atomic E-state index is 6.01. The SMILES string of the molecule is CCCC(C)CN(CC)C(CC)(CC)CN. The molecular formula is C14H32N2. The molecule has 0 amide bonds. The molecule has 0 saturated carbocycles. The second kappa shape index (κ2) is 8.08. The van der Waals surface area contributed by atoms with Crippen LogP contribution < -0.4 is 5.73 Å². The van der Waals surface area contributed by atoms with E-state index in [9.17, 15) is 0 Å². The molecule has 0 aromatic carbocycles. The zero-order valence-electron chi connectivity index (χ0n) is 12.1. The molecule has 0 saturated heterocycles. The molecule has 0 rings (SSSR count). The summed E-state index contributed by atoms with van der Waals surface area (Å²) in [7, 11) is 0. The predicted molar refractivity (Wildman–Crippen MR) is 73.7 cm³/mol. The summed E-state index contributed by atoms with van der Waals surface area (Å²) >= 11 is 0. The summed E-state index contributed by atoms with van der Waals surface area (Å²) in [6, 6.07) is 0. The number of nitrogens with zero attached hydrogens (tertiary/aromatic N) is 1. The van der Waals surface area contributed by atoms with Gasteiger partial charge in [0, 0.05) is 18.6 Å².